The lowest BCUT2D eigenvalue weighted by Crippen LogP contribution is -2.37. The Hall–Kier alpha value is -1.49. The average Bonchev–Trinajstić information content (AvgIpc) is 2.39. The summed E-state index contributed by atoms with van der Waals surface area (Å²) in [7, 11) is 0. The van der Waals surface area contributed by atoms with Crippen LogP contribution in [0.4, 0.5) is 5.82 Å². The van der Waals surface area contributed by atoms with Crippen LogP contribution >= 0.6 is 0 Å². The van der Waals surface area contributed by atoms with E-state index in [-0.39, 0.29) is 0 Å². The van der Waals surface area contributed by atoms with Gasteiger partial charge in [-0.05, 0) is 0 Å². The molecule has 1 fully saturated rings. The van der Waals surface area contributed by atoms with Crippen molar-refractivity contribution in [3.8, 4) is 0 Å². The van der Waals surface area contributed by atoms with Crippen molar-refractivity contribution in [1.82, 2.24) is 9.97 Å². The highest BCUT2D eigenvalue weighted by molar-refractivity contribution is 5.82. The molecule has 1 aromatic heterocycles. The fraction of sp³-hybridized carbons (Fsp3) is 0.545. The lowest BCUT2D eigenvalue weighted by atomic mass is 10.3. The minimum Gasteiger partial charge on any atom is -0.378 e. The standard InChI is InChI=1S/C11H15N3O2/c1-2-10-12-7-9(8-15)11(13-10)14-3-5-16-6-4-14/h7-8H,2-6H2,1H3. The van der Waals surface area contributed by atoms with Gasteiger partial charge in [-0.25, -0.2) is 9.97 Å². The summed E-state index contributed by atoms with van der Waals surface area (Å²) in [4.78, 5) is 21.5. The summed E-state index contributed by atoms with van der Waals surface area (Å²) in [5.74, 6) is 1.51. The molecule has 1 aliphatic rings. The average molecular weight is 221 g/mol. The fourth-order valence-corrected chi connectivity index (χ4v) is 1.70. The van der Waals surface area contributed by atoms with E-state index in [2.05, 4.69) is 14.9 Å². The summed E-state index contributed by atoms with van der Waals surface area (Å²) < 4.78 is 5.28. The molecule has 2 heterocycles. The van der Waals surface area contributed by atoms with Gasteiger partial charge < -0.3 is 9.64 Å². The van der Waals surface area contributed by atoms with Gasteiger partial charge in [-0.15, -0.1) is 0 Å². The van der Waals surface area contributed by atoms with E-state index in [0.717, 1.165) is 37.4 Å². The topological polar surface area (TPSA) is 55.3 Å². The molecule has 1 saturated heterocycles. The fourth-order valence-electron chi connectivity index (χ4n) is 1.70. The molecule has 16 heavy (non-hydrogen) atoms. The molecule has 1 aliphatic heterocycles. The van der Waals surface area contributed by atoms with Gasteiger partial charge in [0.05, 0.1) is 18.8 Å². The number of nitrogens with zero attached hydrogens (tertiary/aromatic N) is 3. The first kappa shape index (κ1) is 11.0. The predicted molar refractivity (Wildman–Crippen MR) is 59.8 cm³/mol. The van der Waals surface area contributed by atoms with Gasteiger partial charge >= 0.3 is 0 Å². The molecule has 0 aromatic carbocycles. The van der Waals surface area contributed by atoms with Crippen molar-refractivity contribution in [2.45, 2.75) is 13.3 Å². The summed E-state index contributed by atoms with van der Waals surface area (Å²) in [5, 5.41) is 0. The van der Waals surface area contributed by atoms with Gasteiger partial charge in [-0.3, -0.25) is 4.79 Å². The largest absolute Gasteiger partial charge is 0.378 e. The van der Waals surface area contributed by atoms with E-state index in [4.69, 9.17) is 4.74 Å². The molecule has 0 amide bonds. The van der Waals surface area contributed by atoms with Crippen molar-refractivity contribution in [3.05, 3.63) is 17.6 Å². The van der Waals surface area contributed by atoms with Gasteiger partial charge in [0.1, 0.15) is 11.6 Å². The molecule has 0 unspecified atom stereocenters. The monoisotopic (exact) mass is 221 g/mol. The third kappa shape index (κ3) is 2.19. The molecule has 5 nitrogen and oxygen atoms in total. The molecule has 0 atom stereocenters. The van der Waals surface area contributed by atoms with Crippen molar-refractivity contribution < 1.29 is 9.53 Å². The lowest BCUT2D eigenvalue weighted by molar-refractivity contribution is 0.111. The Morgan fingerprint density at radius 1 is 1.50 bits per heavy atom. The number of hydrogen-bond donors (Lipinski definition) is 0. The van der Waals surface area contributed by atoms with E-state index < -0.39 is 0 Å². The van der Waals surface area contributed by atoms with E-state index in [1.165, 1.54) is 0 Å². The number of carbonyl (C=O) groups excluding carboxylic acids is 1. The number of aldehydes is 1. The Labute approximate surface area is 94.5 Å². The lowest BCUT2D eigenvalue weighted by Gasteiger charge is -2.28. The molecule has 0 aliphatic carbocycles. The van der Waals surface area contributed by atoms with E-state index in [1.54, 1.807) is 6.20 Å². The van der Waals surface area contributed by atoms with Gasteiger partial charge in [0.2, 0.25) is 0 Å². The van der Waals surface area contributed by atoms with Crippen LogP contribution in [0.5, 0.6) is 0 Å². The number of ether oxygens (including phenoxy) is 1. The Balaban J connectivity index is 2.31. The molecular weight excluding hydrogens is 206 g/mol. The minimum absolute atomic E-state index is 0.555. The summed E-state index contributed by atoms with van der Waals surface area (Å²) in [6.07, 6.45) is 3.18. The Bertz CT molecular complexity index is 375. The first-order valence-electron chi connectivity index (χ1n) is 5.49. The highest BCUT2D eigenvalue weighted by Crippen LogP contribution is 2.17. The van der Waals surface area contributed by atoms with Crippen LogP contribution in [0, 0.1) is 0 Å². The number of carbonyl (C=O) groups is 1. The molecule has 5 heteroatoms. The molecule has 0 N–H and O–H groups in total. The van der Waals surface area contributed by atoms with E-state index >= 15 is 0 Å². The maximum Gasteiger partial charge on any atom is 0.155 e. The molecule has 0 bridgehead atoms. The zero-order valence-electron chi connectivity index (χ0n) is 9.35. The highest BCUT2D eigenvalue weighted by atomic mass is 16.5. The second kappa shape index (κ2) is 5.03. The zero-order chi connectivity index (χ0) is 11.4. The summed E-state index contributed by atoms with van der Waals surface area (Å²) in [6.45, 7) is 4.93. The number of morpholine rings is 1. The maximum atomic E-state index is 10.9. The molecule has 0 radical (unpaired) electrons. The van der Waals surface area contributed by atoms with Crippen LogP contribution in [0.1, 0.15) is 23.1 Å². The molecule has 86 valence electrons. The second-order valence-corrected chi connectivity index (χ2v) is 3.64. The van der Waals surface area contributed by atoms with Crippen molar-refractivity contribution in [3.63, 3.8) is 0 Å². The Morgan fingerprint density at radius 2 is 2.25 bits per heavy atom. The van der Waals surface area contributed by atoms with Crippen LogP contribution in [0.15, 0.2) is 6.20 Å². The van der Waals surface area contributed by atoms with Crippen molar-refractivity contribution in [2.75, 3.05) is 31.2 Å². The summed E-state index contributed by atoms with van der Waals surface area (Å²) in [5.41, 5.74) is 0.555. The first-order valence-corrected chi connectivity index (χ1v) is 5.49. The van der Waals surface area contributed by atoms with Crippen LogP contribution in [0.25, 0.3) is 0 Å². The first-order chi connectivity index (χ1) is 7.85. The van der Waals surface area contributed by atoms with Gasteiger partial charge in [0, 0.05) is 25.7 Å². The third-order valence-corrected chi connectivity index (χ3v) is 2.60. The van der Waals surface area contributed by atoms with Gasteiger partial charge in [0.15, 0.2) is 6.29 Å². The van der Waals surface area contributed by atoms with E-state index in [1.807, 2.05) is 6.92 Å². The Morgan fingerprint density at radius 3 is 2.88 bits per heavy atom. The molecule has 2 rings (SSSR count). The van der Waals surface area contributed by atoms with E-state index in [0.29, 0.717) is 18.8 Å². The SMILES string of the molecule is CCc1ncc(C=O)c(N2CCOCC2)n1. The zero-order valence-corrected chi connectivity index (χ0v) is 9.35. The molecule has 0 saturated carbocycles. The molecular formula is C11H15N3O2. The second-order valence-electron chi connectivity index (χ2n) is 3.64. The van der Waals surface area contributed by atoms with Crippen LogP contribution < -0.4 is 4.90 Å². The van der Waals surface area contributed by atoms with Crippen LogP contribution in [-0.2, 0) is 11.2 Å². The third-order valence-electron chi connectivity index (χ3n) is 2.60. The Kier molecular flexibility index (Phi) is 3.46. The van der Waals surface area contributed by atoms with Crippen LogP contribution in [0.3, 0.4) is 0 Å². The van der Waals surface area contributed by atoms with Crippen molar-refractivity contribution in [2.24, 2.45) is 0 Å². The van der Waals surface area contributed by atoms with Crippen molar-refractivity contribution in [1.29, 1.82) is 0 Å². The summed E-state index contributed by atoms with van der Waals surface area (Å²) in [6, 6.07) is 0. The normalized spacial score (nSPS) is 16.2. The minimum atomic E-state index is 0.555. The molecule has 1 aromatic rings. The van der Waals surface area contributed by atoms with Crippen molar-refractivity contribution >= 4 is 12.1 Å². The smallest absolute Gasteiger partial charge is 0.155 e. The van der Waals surface area contributed by atoms with Gasteiger partial charge in [-0.1, -0.05) is 6.92 Å². The number of aryl methyl sites for hydroxylation is 1. The van der Waals surface area contributed by atoms with Gasteiger partial charge in [-0.2, -0.15) is 0 Å². The summed E-state index contributed by atoms with van der Waals surface area (Å²) >= 11 is 0. The van der Waals surface area contributed by atoms with Crippen LogP contribution in [0.2, 0.25) is 0 Å². The molecule has 0 spiro atoms. The maximum absolute atomic E-state index is 10.9. The number of rotatable bonds is 3. The van der Waals surface area contributed by atoms with Gasteiger partial charge in [0.25, 0.3) is 0 Å². The van der Waals surface area contributed by atoms with Crippen LogP contribution in [-0.4, -0.2) is 42.6 Å². The quantitative estimate of drug-likeness (QED) is 0.703. The number of hydrogen-bond acceptors (Lipinski definition) is 5. The van der Waals surface area contributed by atoms with E-state index in [9.17, 15) is 4.79 Å². The number of anilines is 1. The number of aromatic nitrogens is 2. The predicted octanol–water partition coefficient (Wildman–Crippen LogP) is 0.688. The highest BCUT2D eigenvalue weighted by Gasteiger charge is 2.16.